The monoisotopic (exact) mass is 301 g/mol. The minimum absolute atomic E-state index is 0.0533. The largest absolute Gasteiger partial charge is 0.306 e. The van der Waals surface area contributed by atoms with Gasteiger partial charge in [0.25, 0.3) is 0 Å². The first-order valence-corrected chi connectivity index (χ1v) is 8.31. The maximum Gasteiger partial charge on any atom is 0.0546 e. The van der Waals surface area contributed by atoms with Gasteiger partial charge in [-0.15, -0.1) is 0 Å². The fourth-order valence-corrected chi connectivity index (χ4v) is 3.26. The number of aromatic nitrogens is 4. The first kappa shape index (κ1) is 15.3. The molecule has 2 aromatic rings. The number of aryl methyl sites for hydroxylation is 1. The molecule has 0 aromatic carbocycles. The van der Waals surface area contributed by atoms with E-state index in [1.165, 1.54) is 29.7 Å². The van der Waals surface area contributed by atoms with Crippen LogP contribution in [0.15, 0.2) is 18.6 Å². The first-order chi connectivity index (χ1) is 10.5. The summed E-state index contributed by atoms with van der Waals surface area (Å²) < 4.78 is 4.17. The summed E-state index contributed by atoms with van der Waals surface area (Å²) in [4.78, 5) is 0. The van der Waals surface area contributed by atoms with Crippen molar-refractivity contribution >= 4 is 0 Å². The topological polar surface area (TPSA) is 47.7 Å². The molecule has 2 aromatic heterocycles. The predicted molar refractivity (Wildman–Crippen MR) is 87.6 cm³/mol. The molecule has 0 radical (unpaired) electrons. The number of rotatable bonds is 4. The number of nitrogens with one attached hydrogen (secondary N) is 1. The van der Waals surface area contributed by atoms with E-state index in [4.69, 9.17) is 0 Å². The average Bonchev–Trinajstić information content (AvgIpc) is 3.11. The molecule has 3 rings (SSSR count). The molecule has 0 fully saturated rings. The van der Waals surface area contributed by atoms with Crippen molar-refractivity contribution in [3.63, 3.8) is 0 Å². The van der Waals surface area contributed by atoms with Crippen molar-refractivity contribution in [2.45, 2.75) is 71.6 Å². The van der Waals surface area contributed by atoms with Crippen LogP contribution in [-0.2, 0) is 25.0 Å². The van der Waals surface area contributed by atoms with Crippen molar-refractivity contribution in [2.24, 2.45) is 0 Å². The molecule has 1 aliphatic carbocycles. The van der Waals surface area contributed by atoms with E-state index in [0.717, 1.165) is 19.5 Å². The van der Waals surface area contributed by atoms with Crippen molar-refractivity contribution < 1.29 is 0 Å². The molecule has 0 saturated carbocycles. The Balaban J connectivity index is 1.73. The normalized spacial score (nSPS) is 18.5. The second kappa shape index (κ2) is 5.88. The molecule has 1 aliphatic rings. The molecule has 0 spiro atoms. The van der Waals surface area contributed by atoms with Crippen molar-refractivity contribution in [1.29, 1.82) is 0 Å². The molecule has 1 N–H and O–H groups in total. The second-order valence-corrected chi connectivity index (χ2v) is 7.16. The van der Waals surface area contributed by atoms with Crippen molar-refractivity contribution in [2.75, 3.05) is 0 Å². The molecule has 0 saturated heterocycles. The van der Waals surface area contributed by atoms with Crippen molar-refractivity contribution in [1.82, 2.24) is 24.9 Å². The Morgan fingerprint density at radius 3 is 2.77 bits per heavy atom. The number of hydrogen-bond donors (Lipinski definition) is 1. The van der Waals surface area contributed by atoms with Crippen LogP contribution in [0.5, 0.6) is 0 Å². The van der Waals surface area contributed by atoms with Crippen LogP contribution < -0.4 is 5.32 Å². The number of hydrogen-bond acceptors (Lipinski definition) is 3. The van der Waals surface area contributed by atoms with Crippen LogP contribution in [0.2, 0.25) is 0 Å². The molecule has 0 amide bonds. The lowest BCUT2D eigenvalue weighted by molar-refractivity contribution is 0.334. The highest BCUT2D eigenvalue weighted by molar-refractivity contribution is 5.26. The van der Waals surface area contributed by atoms with E-state index in [0.29, 0.717) is 6.04 Å². The molecule has 2 heterocycles. The Bertz CT molecular complexity index is 632. The molecule has 5 heteroatoms. The lowest BCUT2D eigenvalue weighted by Gasteiger charge is -2.28. The van der Waals surface area contributed by atoms with Crippen molar-refractivity contribution in [3.05, 3.63) is 35.4 Å². The van der Waals surface area contributed by atoms with E-state index in [9.17, 15) is 0 Å². The Hall–Kier alpha value is -1.62. The summed E-state index contributed by atoms with van der Waals surface area (Å²) in [6.07, 6.45) is 9.69. The minimum atomic E-state index is 0.0533. The lowest BCUT2D eigenvalue weighted by atomic mass is 9.92. The Kier molecular flexibility index (Phi) is 4.08. The zero-order chi connectivity index (χ0) is 15.7. The Morgan fingerprint density at radius 2 is 2.09 bits per heavy atom. The van der Waals surface area contributed by atoms with Crippen molar-refractivity contribution in [3.8, 4) is 0 Å². The van der Waals surface area contributed by atoms with Gasteiger partial charge in [0.15, 0.2) is 0 Å². The fourth-order valence-electron chi connectivity index (χ4n) is 3.26. The van der Waals surface area contributed by atoms with Crippen LogP contribution in [0, 0.1) is 0 Å². The van der Waals surface area contributed by atoms with E-state index in [1.54, 1.807) is 0 Å². The van der Waals surface area contributed by atoms with Crippen LogP contribution >= 0.6 is 0 Å². The molecule has 0 unspecified atom stereocenters. The van der Waals surface area contributed by atoms with Gasteiger partial charge in [0.1, 0.15) is 0 Å². The summed E-state index contributed by atoms with van der Waals surface area (Å²) in [6, 6.07) is 0.407. The van der Waals surface area contributed by atoms with Crippen LogP contribution in [0.25, 0.3) is 0 Å². The van der Waals surface area contributed by atoms with E-state index in [2.05, 4.69) is 60.3 Å². The average molecular weight is 301 g/mol. The fraction of sp³-hybridized carbons (Fsp3) is 0.647. The third-order valence-electron chi connectivity index (χ3n) is 4.38. The van der Waals surface area contributed by atoms with Gasteiger partial charge in [-0.25, -0.2) is 0 Å². The first-order valence-electron chi connectivity index (χ1n) is 8.31. The zero-order valence-electron chi connectivity index (χ0n) is 14.1. The highest BCUT2D eigenvalue weighted by atomic mass is 15.3. The van der Waals surface area contributed by atoms with E-state index in [-0.39, 0.29) is 5.54 Å². The summed E-state index contributed by atoms with van der Waals surface area (Å²) in [5, 5.41) is 12.7. The third-order valence-corrected chi connectivity index (χ3v) is 4.38. The Morgan fingerprint density at radius 1 is 1.27 bits per heavy atom. The molecular weight excluding hydrogens is 274 g/mol. The van der Waals surface area contributed by atoms with Gasteiger partial charge in [0.2, 0.25) is 0 Å². The summed E-state index contributed by atoms with van der Waals surface area (Å²) in [5.41, 5.74) is 4.08. The summed E-state index contributed by atoms with van der Waals surface area (Å²) >= 11 is 0. The molecule has 0 aliphatic heterocycles. The van der Waals surface area contributed by atoms with Gasteiger partial charge in [0, 0.05) is 42.1 Å². The van der Waals surface area contributed by atoms with Gasteiger partial charge in [-0.3, -0.25) is 9.36 Å². The maximum absolute atomic E-state index is 4.65. The van der Waals surface area contributed by atoms with Gasteiger partial charge in [-0.1, -0.05) is 0 Å². The zero-order valence-corrected chi connectivity index (χ0v) is 14.1. The summed E-state index contributed by atoms with van der Waals surface area (Å²) in [5.74, 6) is 0. The van der Waals surface area contributed by atoms with E-state index >= 15 is 0 Å². The van der Waals surface area contributed by atoms with E-state index in [1.807, 2.05) is 10.9 Å². The molecule has 0 bridgehead atoms. The highest BCUT2D eigenvalue weighted by Crippen LogP contribution is 2.32. The molecule has 5 nitrogen and oxygen atoms in total. The van der Waals surface area contributed by atoms with Gasteiger partial charge >= 0.3 is 0 Å². The predicted octanol–water partition coefficient (Wildman–Crippen LogP) is 3.02. The van der Waals surface area contributed by atoms with Gasteiger partial charge in [0.05, 0.1) is 17.9 Å². The van der Waals surface area contributed by atoms with Crippen LogP contribution in [0.1, 0.15) is 63.4 Å². The highest BCUT2D eigenvalue weighted by Gasteiger charge is 2.27. The van der Waals surface area contributed by atoms with Crippen LogP contribution in [0.3, 0.4) is 0 Å². The van der Waals surface area contributed by atoms with Crippen LogP contribution in [-0.4, -0.2) is 19.6 Å². The molecular formula is C17H27N5. The lowest BCUT2D eigenvalue weighted by Crippen LogP contribution is -2.29. The maximum atomic E-state index is 4.65. The standard InChI is InChI=1S/C17H27N5/c1-5-21-12-13(10-19-21)9-18-15-7-6-8-16-14(15)11-20-22(16)17(2,3)4/h10-12,15,18H,5-9H2,1-4H3/t15-/m1/s1. The quantitative estimate of drug-likeness (QED) is 0.944. The second-order valence-electron chi connectivity index (χ2n) is 7.16. The number of nitrogens with zero attached hydrogens (tertiary/aromatic N) is 4. The van der Waals surface area contributed by atoms with Crippen LogP contribution in [0.4, 0.5) is 0 Å². The van der Waals surface area contributed by atoms with Gasteiger partial charge in [-0.2, -0.15) is 10.2 Å². The molecule has 1 atom stereocenters. The SMILES string of the molecule is CCn1cc(CN[C@@H]2CCCc3c2cnn3C(C)(C)C)cn1. The third kappa shape index (κ3) is 2.95. The van der Waals surface area contributed by atoms with Gasteiger partial charge < -0.3 is 5.32 Å². The summed E-state index contributed by atoms with van der Waals surface area (Å²) in [6.45, 7) is 10.6. The minimum Gasteiger partial charge on any atom is -0.306 e. The molecule has 22 heavy (non-hydrogen) atoms. The smallest absolute Gasteiger partial charge is 0.0546 e. The van der Waals surface area contributed by atoms with E-state index < -0.39 is 0 Å². The summed E-state index contributed by atoms with van der Waals surface area (Å²) in [7, 11) is 0. The molecule has 120 valence electrons. The number of fused-ring (bicyclic) bond motifs is 1. The Labute approximate surface area is 132 Å². The van der Waals surface area contributed by atoms with Gasteiger partial charge in [-0.05, 0) is 47.0 Å².